The average Bonchev–Trinajstić information content (AvgIpc) is 3.37. The summed E-state index contributed by atoms with van der Waals surface area (Å²) < 4.78 is 30.0. The molecule has 39 heavy (non-hydrogen) atoms. The molecule has 1 aliphatic heterocycles. The Bertz CT molecular complexity index is 1480. The first-order chi connectivity index (χ1) is 19.0. The second-order valence-corrected chi connectivity index (χ2v) is 10.8. The van der Waals surface area contributed by atoms with Gasteiger partial charge in [0.2, 0.25) is 5.91 Å². The van der Waals surface area contributed by atoms with Crippen LogP contribution in [0.25, 0.3) is 0 Å². The van der Waals surface area contributed by atoms with E-state index in [1.807, 2.05) is 53.4 Å². The van der Waals surface area contributed by atoms with Crippen LogP contribution in [0, 0.1) is 11.6 Å². The topological polar surface area (TPSA) is 23.6 Å². The van der Waals surface area contributed by atoms with Crippen LogP contribution in [0.15, 0.2) is 97.1 Å². The Balaban J connectivity index is 1.34. The number of carbonyl (C=O) groups excluding carboxylic acids is 1. The highest BCUT2D eigenvalue weighted by molar-refractivity contribution is 5.79. The zero-order chi connectivity index (χ0) is 26.9. The first-order valence-electron chi connectivity index (χ1n) is 13.7. The lowest BCUT2D eigenvalue weighted by Crippen LogP contribution is -2.48. The third-order valence-electron chi connectivity index (χ3n) is 8.32. The number of rotatable bonds is 6. The number of hydrogen-bond acceptors (Lipinski definition) is 2. The van der Waals surface area contributed by atoms with Crippen LogP contribution in [-0.4, -0.2) is 34.8 Å². The van der Waals surface area contributed by atoms with Gasteiger partial charge in [0.15, 0.2) is 0 Å². The van der Waals surface area contributed by atoms with Crippen LogP contribution >= 0.6 is 0 Å². The highest BCUT2D eigenvalue weighted by atomic mass is 19.1. The van der Waals surface area contributed by atoms with Crippen molar-refractivity contribution in [1.82, 2.24) is 9.80 Å². The van der Waals surface area contributed by atoms with Gasteiger partial charge in [-0.3, -0.25) is 9.69 Å². The Morgan fingerprint density at radius 3 is 2.00 bits per heavy atom. The fourth-order valence-electron chi connectivity index (χ4n) is 6.43. The molecule has 0 unspecified atom stereocenters. The van der Waals surface area contributed by atoms with E-state index in [0.29, 0.717) is 17.7 Å². The van der Waals surface area contributed by atoms with Crippen LogP contribution in [0.5, 0.6) is 0 Å². The highest BCUT2D eigenvalue weighted by Gasteiger charge is 2.37. The number of amides is 1. The lowest BCUT2D eigenvalue weighted by atomic mass is 9.83. The summed E-state index contributed by atoms with van der Waals surface area (Å²) in [6, 6.07) is 29.5. The first-order valence-corrected chi connectivity index (χ1v) is 13.7. The predicted molar refractivity (Wildman–Crippen MR) is 149 cm³/mol. The first kappa shape index (κ1) is 25.4. The number of fused-ring (bicyclic) bond motifs is 2. The molecule has 0 N–H and O–H groups in total. The van der Waals surface area contributed by atoms with Gasteiger partial charge in [0.25, 0.3) is 0 Å². The van der Waals surface area contributed by atoms with Crippen molar-refractivity contribution in [2.75, 3.05) is 13.1 Å². The monoisotopic (exact) mass is 522 g/mol. The summed E-state index contributed by atoms with van der Waals surface area (Å²) in [5, 5.41) is 0. The van der Waals surface area contributed by atoms with Gasteiger partial charge in [-0.2, -0.15) is 0 Å². The summed E-state index contributed by atoms with van der Waals surface area (Å²) in [6.07, 6.45) is 1.48. The molecule has 198 valence electrons. The molecule has 1 heterocycles. The third-order valence-corrected chi connectivity index (χ3v) is 8.32. The Labute approximate surface area is 228 Å². The predicted octanol–water partition coefficient (Wildman–Crippen LogP) is 6.67. The highest BCUT2D eigenvalue weighted by Crippen LogP contribution is 2.40. The van der Waals surface area contributed by atoms with E-state index in [4.69, 9.17) is 0 Å². The Hall–Kier alpha value is -3.83. The summed E-state index contributed by atoms with van der Waals surface area (Å²) in [6.45, 7) is 3.10. The van der Waals surface area contributed by atoms with Gasteiger partial charge in [-0.15, -0.1) is 0 Å². The van der Waals surface area contributed by atoms with E-state index >= 15 is 4.39 Å². The zero-order valence-electron chi connectivity index (χ0n) is 22.1. The van der Waals surface area contributed by atoms with E-state index in [2.05, 4.69) is 30.0 Å². The number of hydrogen-bond donors (Lipinski definition) is 0. The van der Waals surface area contributed by atoms with Crippen LogP contribution in [0.2, 0.25) is 0 Å². The molecule has 0 fully saturated rings. The summed E-state index contributed by atoms with van der Waals surface area (Å²) in [7, 11) is 0. The summed E-state index contributed by atoms with van der Waals surface area (Å²) >= 11 is 0. The molecular weight excluding hydrogens is 490 g/mol. The van der Waals surface area contributed by atoms with Crippen LogP contribution in [0.4, 0.5) is 8.78 Å². The molecule has 3 nitrogen and oxygen atoms in total. The van der Waals surface area contributed by atoms with Crippen LogP contribution < -0.4 is 0 Å². The number of carbonyl (C=O) groups is 1. The Morgan fingerprint density at radius 2 is 1.33 bits per heavy atom. The van der Waals surface area contributed by atoms with Crippen LogP contribution in [-0.2, 0) is 24.2 Å². The van der Waals surface area contributed by atoms with Gasteiger partial charge in [-0.05, 0) is 53.1 Å². The van der Waals surface area contributed by atoms with Gasteiger partial charge in [-0.1, -0.05) is 91.9 Å². The number of benzene rings is 4. The molecule has 0 radical (unpaired) electrons. The van der Waals surface area contributed by atoms with Crippen molar-refractivity contribution in [3.8, 4) is 0 Å². The van der Waals surface area contributed by atoms with Crippen molar-refractivity contribution in [2.24, 2.45) is 0 Å². The third kappa shape index (κ3) is 4.99. The largest absolute Gasteiger partial charge is 0.333 e. The van der Waals surface area contributed by atoms with E-state index in [-0.39, 0.29) is 48.6 Å². The summed E-state index contributed by atoms with van der Waals surface area (Å²) in [5.41, 5.74) is 5.76. The average molecular weight is 523 g/mol. The maximum Gasteiger partial charge on any atom is 0.237 e. The molecular formula is C34H32F2N2O. The molecule has 2 atom stereocenters. The molecule has 2 aliphatic rings. The minimum atomic E-state index is -0.376. The smallest absolute Gasteiger partial charge is 0.237 e. The second kappa shape index (κ2) is 10.7. The fraction of sp³-hybridized carbons (Fsp3) is 0.265. The van der Waals surface area contributed by atoms with E-state index in [1.54, 1.807) is 18.2 Å². The van der Waals surface area contributed by atoms with E-state index in [9.17, 15) is 9.18 Å². The van der Waals surface area contributed by atoms with Crippen molar-refractivity contribution in [1.29, 1.82) is 0 Å². The van der Waals surface area contributed by atoms with E-state index in [1.165, 1.54) is 28.8 Å². The zero-order valence-corrected chi connectivity index (χ0v) is 22.1. The Morgan fingerprint density at radius 1 is 0.769 bits per heavy atom. The minimum Gasteiger partial charge on any atom is -0.333 e. The number of halogens is 2. The lowest BCUT2D eigenvalue weighted by Gasteiger charge is -2.41. The maximum atomic E-state index is 15.2. The molecule has 0 aromatic heterocycles. The molecule has 1 amide bonds. The lowest BCUT2D eigenvalue weighted by molar-refractivity contribution is -0.136. The molecule has 0 spiro atoms. The van der Waals surface area contributed by atoms with Gasteiger partial charge in [0.1, 0.15) is 11.6 Å². The molecule has 5 heteroatoms. The van der Waals surface area contributed by atoms with Gasteiger partial charge >= 0.3 is 0 Å². The second-order valence-electron chi connectivity index (χ2n) is 10.8. The van der Waals surface area contributed by atoms with E-state index in [0.717, 1.165) is 18.4 Å². The number of nitrogens with zero attached hydrogens (tertiary/aromatic N) is 2. The van der Waals surface area contributed by atoms with Crippen LogP contribution in [0.1, 0.15) is 52.3 Å². The fourth-order valence-corrected chi connectivity index (χ4v) is 6.43. The molecule has 1 aliphatic carbocycles. The molecule has 0 saturated carbocycles. The van der Waals surface area contributed by atoms with E-state index < -0.39 is 0 Å². The van der Waals surface area contributed by atoms with Gasteiger partial charge < -0.3 is 4.90 Å². The van der Waals surface area contributed by atoms with Crippen LogP contribution in [0.3, 0.4) is 0 Å². The van der Waals surface area contributed by atoms with Crippen molar-refractivity contribution in [3.05, 3.63) is 142 Å². The van der Waals surface area contributed by atoms with Gasteiger partial charge in [0, 0.05) is 30.3 Å². The molecule has 4 aromatic rings. The molecule has 0 bridgehead atoms. The van der Waals surface area contributed by atoms with Crippen molar-refractivity contribution in [3.63, 3.8) is 0 Å². The standard InChI is InChI=1S/C34H32F2N2O/c1-23-20-37(34(29-14-6-5-13-28(23)29)30-15-7-9-17-32(30)36)22-33(39)38(21-26-12-4-8-16-31(26)35)27-18-24-10-2-3-11-25(24)19-27/h2-17,23,27,34H,18-22H2,1H3/t23-,34+/m0/s1. The van der Waals surface area contributed by atoms with Crippen molar-refractivity contribution >= 4 is 5.91 Å². The van der Waals surface area contributed by atoms with Crippen molar-refractivity contribution < 1.29 is 13.6 Å². The quantitative estimate of drug-likeness (QED) is 0.282. The summed E-state index contributed by atoms with van der Waals surface area (Å²) in [4.78, 5) is 18.2. The van der Waals surface area contributed by atoms with Crippen molar-refractivity contribution in [2.45, 2.75) is 44.3 Å². The minimum absolute atomic E-state index is 0.0593. The normalized spacial score (nSPS) is 18.9. The van der Waals surface area contributed by atoms with Gasteiger partial charge in [0.05, 0.1) is 12.6 Å². The Kier molecular flexibility index (Phi) is 7.01. The maximum absolute atomic E-state index is 15.2. The molecule has 0 saturated heterocycles. The van der Waals surface area contributed by atoms with Gasteiger partial charge in [-0.25, -0.2) is 8.78 Å². The summed E-state index contributed by atoms with van der Waals surface area (Å²) in [5.74, 6) is -0.467. The molecule has 6 rings (SSSR count). The SMILES string of the molecule is C[C@H]1CN(CC(=O)N(Cc2ccccc2F)C2Cc3ccccc3C2)[C@@H](c2ccccc2F)c2ccccc21. The molecule has 4 aromatic carbocycles.